The zero-order valence-electron chi connectivity index (χ0n) is 8.42. The number of thiocarbonyl (C=S) groups is 1. The molecule has 0 aliphatic carbocycles. The fraction of sp³-hybridized carbons (Fsp3) is 0.300. The lowest BCUT2D eigenvalue weighted by molar-refractivity contribution is 0.306. The molecule has 0 bridgehead atoms. The summed E-state index contributed by atoms with van der Waals surface area (Å²) in [6, 6.07) is 6.30. The summed E-state index contributed by atoms with van der Waals surface area (Å²) in [5.74, 6) is -0.0941. The van der Waals surface area contributed by atoms with Gasteiger partial charge < -0.3 is 15.4 Å². The van der Waals surface area contributed by atoms with Gasteiger partial charge in [-0.3, -0.25) is 0 Å². The maximum atomic E-state index is 13.1. The van der Waals surface area contributed by atoms with E-state index in [1.54, 1.807) is 25.2 Å². The number of hydrogen-bond acceptors (Lipinski definition) is 2. The van der Waals surface area contributed by atoms with Crippen molar-refractivity contribution in [2.75, 3.05) is 20.2 Å². The minimum atomic E-state index is -0.353. The molecule has 0 radical (unpaired) electrons. The van der Waals surface area contributed by atoms with Gasteiger partial charge in [-0.15, -0.1) is 0 Å². The highest BCUT2D eigenvalue weighted by Gasteiger charge is 2.00. The van der Waals surface area contributed by atoms with Crippen molar-refractivity contribution in [1.29, 1.82) is 0 Å². The molecule has 0 aromatic heterocycles. The van der Waals surface area contributed by atoms with Crippen LogP contribution in [-0.2, 0) is 0 Å². The molecule has 3 nitrogen and oxygen atoms in total. The van der Waals surface area contributed by atoms with E-state index in [1.807, 2.05) is 0 Å². The number of nitrogens with one attached hydrogen (secondary N) is 2. The number of halogens is 1. The van der Waals surface area contributed by atoms with Crippen LogP contribution < -0.4 is 15.4 Å². The molecule has 1 rings (SSSR count). The summed E-state index contributed by atoms with van der Waals surface area (Å²) < 4.78 is 18.3. The molecule has 0 saturated carbocycles. The Kier molecular flexibility index (Phi) is 4.83. The number of benzene rings is 1. The van der Waals surface area contributed by atoms with Gasteiger partial charge in [0, 0.05) is 7.05 Å². The predicted octanol–water partition coefficient (Wildman–Crippen LogP) is 1.30. The van der Waals surface area contributed by atoms with Crippen molar-refractivity contribution in [2.45, 2.75) is 0 Å². The summed E-state index contributed by atoms with van der Waals surface area (Å²) in [7, 11) is 1.73. The second-order valence-corrected chi connectivity index (χ2v) is 3.19. The number of ether oxygens (including phenoxy) is 1. The molecule has 0 aliphatic rings. The van der Waals surface area contributed by atoms with E-state index >= 15 is 0 Å². The van der Waals surface area contributed by atoms with Crippen molar-refractivity contribution in [3.63, 3.8) is 0 Å². The average molecular weight is 228 g/mol. The van der Waals surface area contributed by atoms with Crippen LogP contribution in [0.3, 0.4) is 0 Å². The molecule has 0 spiro atoms. The van der Waals surface area contributed by atoms with Crippen LogP contribution in [0.2, 0.25) is 0 Å². The topological polar surface area (TPSA) is 33.3 Å². The van der Waals surface area contributed by atoms with Crippen LogP contribution in [0.15, 0.2) is 24.3 Å². The summed E-state index contributed by atoms with van der Waals surface area (Å²) in [6.07, 6.45) is 0. The monoisotopic (exact) mass is 228 g/mol. The zero-order valence-corrected chi connectivity index (χ0v) is 9.23. The summed E-state index contributed by atoms with van der Waals surface area (Å²) in [4.78, 5) is 0. The van der Waals surface area contributed by atoms with E-state index in [9.17, 15) is 4.39 Å². The first-order chi connectivity index (χ1) is 7.24. The fourth-order valence-electron chi connectivity index (χ4n) is 0.976. The first kappa shape index (κ1) is 11.7. The SMILES string of the molecule is CNC(=S)NCCOc1ccccc1F. The molecular weight excluding hydrogens is 215 g/mol. The van der Waals surface area contributed by atoms with Gasteiger partial charge in [-0.25, -0.2) is 4.39 Å². The Morgan fingerprint density at radius 2 is 2.20 bits per heavy atom. The minimum Gasteiger partial charge on any atom is -0.489 e. The van der Waals surface area contributed by atoms with Crippen LogP contribution in [0.25, 0.3) is 0 Å². The van der Waals surface area contributed by atoms with Crippen LogP contribution in [0.1, 0.15) is 0 Å². The minimum absolute atomic E-state index is 0.259. The molecule has 2 N–H and O–H groups in total. The van der Waals surface area contributed by atoms with Gasteiger partial charge >= 0.3 is 0 Å². The molecule has 5 heteroatoms. The highest BCUT2D eigenvalue weighted by Crippen LogP contribution is 2.14. The Labute approximate surface area is 93.6 Å². The summed E-state index contributed by atoms with van der Waals surface area (Å²) in [6.45, 7) is 0.900. The van der Waals surface area contributed by atoms with Crippen molar-refractivity contribution in [2.24, 2.45) is 0 Å². The molecule has 0 heterocycles. The molecule has 1 aromatic carbocycles. The third-order valence-corrected chi connectivity index (χ3v) is 2.06. The molecule has 0 amide bonds. The third kappa shape index (κ3) is 4.12. The van der Waals surface area contributed by atoms with Gasteiger partial charge in [0.05, 0.1) is 6.54 Å². The van der Waals surface area contributed by atoms with Crippen LogP contribution in [0.5, 0.6) is 5.75 Å². The lowest BCUT2D eigenvalue weighted by Gasteiger charge is -2.09. The molecule has 1 aromatic rings. The Bertz CT molecular complexity index is 333. The van der Waals surface area contributed by atoms with Crippen LogP contribution in [0, 0.1) is 5.82 Å². The van der Waals surface area contributed by atoms with E-state index in [-0.39, 0.29) is 11.6 Å². The van der Waals surface area contributed by atoms with E-state index < -0.39 is 0 Å². The summed E-state index contributed by atoms with van der Waals surface area (Å²) in [5, 5.41) is 6.21. The Balaban J connectivity index is 2.26. The first-order valence-electron chi connectivity index (χ1n) is 4.57. The van der Waals surface area contributed by atoms with Crippen molar-refractivity contribution >= 4 is 17.3 Å². The summed E-state index contributed by atoms with van der Waals surface area (Å²) in [5.41, 5.74) is 0. The molecule has 0 unspecified atom stereocenters. The van der Waals surface area contributed by atoms with Crippen molar-refractivity contribution in [1.82, 2.24) is 10.6 Å². The van der Waals surface area contributed by atoms with E-state index in [0.717, 1.165) is 0 Å². The van der Waals surface area contributed by atoms with Gasteiger partial charge in [0.2, 0.25) is 0 Å². The van der Waals surface area contributed by atoms with E-state index in [2.05, 4.69) is 10.6 Å². The van der Waals surface area contributed by atoms with Crippen LogP contribution >= 0.6 is 12.2 Å². The third-order valence-electron chi connectivity index (χ3n) is 1.71. The summed E-state index contributed by atoms with van der Waals surface area (Å²) >= 11 is 4.86. The highest BCUT2D eigenvalue weighted by atomic mass is 32.1. The van der Waals surface area contributed by atoms with E-state index in [1.165, 1.54) is 6.07 Å². The zero-order chi connectivity index (χ0) is 11.1. The van der Waals surface area contributed by atoms with Gasteiger partial charge in [0.25, 0.3) is 0 Å². The van der Waals surface area contributed by atoms with Crippen LogP contribution in [0.4, 0.5) is 4.39 Å². The molecule has 82 valence electrons. The normalized spacial score (nSPS) is 9.47. The van der Waals surface area contributed by atoms with Gasteiger partial charge in [-0.05, 0) is 24.4 Å². The molecule has 0 saturated heterocycles. The molecule has 0 fully saturated rings. The van der Waals surface area contributed by atoms with E-state index in [0.29, 0.717) is 18.3 Å². The van der Waals surface area contributed by atoms with Gasteiger partial charge in [0.15, 0.2) is 16.7 Å². The second kappa shape index (κ2) is 6.19. The van der Waals surface area contributed by atoms with E-state index in [4.69, 9.17) is 17.0 Å². The lowest BCUT2D eigenvalue weighted by Crippen LogP contribution is -2.35. The van der Waals surface area contributed by atoms with Gasteiger partial charge in [-0.1, -0.05) is 12.1 Å². The maximum Gasteiger partial charge on any atom is 0.166 e. The van der Waals surface area contributed by atoms with Crippen LogP contribution in [-0.4, -0.2) is 25.3 Å². The second-order valence-electron chi connectivity index (χ2n) is 2.78. The molecular formula is C10H13FN2OS. The average Bonchev–Trinajstić information content (AvgIpc) is 2.26. The molecule has 0 atom stereocenters. The molecule has 15 heavy (non-hydrogen) atoms. The standard InChI is InChI=1S/C10H13FN2OS/c1-12-10(15)13-6-7-14-9-5-3-2-4-8(9)11/h2-5H,6-7H2,1H3,(H2,12,13,15). The lowest BCUT2D eigenvalue weighted by atomic mass is 10.3. The fourth-order valence-corrected chi connectivity index (χ4v) is 1.08. The Morgan fingerprint density at radius 3 is 2.87 bits per heavy atom. The van der Waals surface area contributed by atoms with Crippen molar-refractivity contribution in [3.05, 3.63) is 30.1 Å². The largest absolute Gasteiger partial charge is 0.489 e. The van der Waals surface area contributed by atoms with Crippen molar-refractivity contribution in [3.8, 4) is 5.75 Å². The predicted molar refractivity (Wildman–Crippen MR) is 61.6 cm³/mol. The smallest absolute Gasteiger partial charge is 0.166 e. The highest BCUT2D eigenvalue weighted by molar-refractivity contribution is 7.80. The van der Waals surface area contributed by atoms with Gasteiger partial charge in [-0.2, -0.15) is 0 Å². The Hall–Kier alpha value is -1.36. The quantitative estimate of drug-likeness (QED) is 0.601. The number of rotatable bonds is 4. The molecule has 0 aliphatic heterocycles. The van der Waals surface area contributed by atoms with Gasteiger partial charge in [0.1, 0.15) is 6.61 Å². The first-order valence-corrected chi connectivity index (χ1v) is 4.98. The maximum absolute atomic E-state index is 13.1. The van der Waals surface area contributed by atoms with Crippen molar-refractivity contribution < 1.29 is 9.13 Å². The number of hydrogen-bond donors (Lipinski definition) is 2. The number of para-hydroxylation sites is 1. The Morgan fingerprint density at radius 1 is 1.47 bits per heavy atom.